The zero-order chi connectivity index (χ0) is 12.3. The summed E-state index contributed by atoms with van der Waals surface area (Å²) in [7, 11) is 0. The number of anilines is 1. The maximum atomic E-state index is 10.1. The summed E-state index contributed by atoms with van der Waals surface area (Å²) >= 11 is 0. The summed E-state index contributed by atoms with van der Waals surface area (Å²) in [6.45, 7) is 1.90. The number of nitrogens with two attached hydrogens (primary N) is 1. The number of aliphatic hydroxyl groups is 1. The van der Waals surface area contributed by atoms with E-state index < -0.39 is 6.10 Å². The largest absolute Gasteiger partial charge is 0.398 e. The van der Waals surface area contributed by atoms with E-state index in [-0.39, 0.29) is 0 Å². The molecule has 0 radical (unpaired) electrons. The quantitative estimate of drug-likeness (QED) is 0.839. The molecule has 1 unspecified atom stereocenters. The van der Waals surface area contributed by atoms with Crippen LogP contribution in [0, 0.1) is 6.92 Å². The summed E-state index contributed by atoms with van der Waals surface area (Å²) in [5, 5.41) is 10.1. The highest BCUT2D eigenvalue weighted by molar-refractivity contribution is 5.44. The van der Waals surface area contributed by atoms with Crippen LogP contribution >= 0.6 is 0 Å². The topological polar surface area (TPSA) is 72.0 Å². The molecule has 2 aromatic rings. The predicted octanol–water partition coefficient (Wildman–Crippen LogP) is 1.64. The summed E-state index contributed by atoms with van der Waals surface area (Å²) in [5.41, 5.74) is 8.84. The zero-order valence-electron chi connectivity index (χ0n) is 9.67. The van der Waals surface area contributed by atoms with Gasteiger partial charge in [-0.15, -0.1) is 0 Å². The van der Waals surface area contributed by atoms with E-state index in [1.54, 1.807) is 18.5 Å². The lowest BCUT2D eigenvalue weighted by atomic mass is 10.1. The predicted molar refractivity (Wildman–Crippen MR) is 66.3 cm³/mol. The highest BCUT2D eigenvalue weighted by atomic mass is 16.3. The number of aliphatic hydroxyl groups excluding tert-OH is 1. The van der Waals surface area contributed by atoms with E-state index in [0.29, 0.717) is 17.8 Å². The van der Waals surface area contributed by atoms with E-state index in [1.807, 2.05) is 25.1 Å². The Morgan fingerprint density at radius 3 is 2.88 bits per heavy atom. The van der Waals surface area contributed by atoms with Gasteiger partial charge in [0.2, 0.25) is 0 Å². The molecule has 88 valence electrons. The van der Waals surface area contributed by atoms with Gasteiger partial charge >= 0.3 is 0 Å². The summed E-state index contributed by atoms with van der Waals surface area (Å²) in [4.78, 5) is 8.29. The maximum Gasteiger partial charge on any atom is 0.100 e. The standard InChI is InChI=1S/C13H15N3O/c1-9-3-2-4-12(16-9)13(17)7-10-8-15-6-5-11(10)14/h2-6,8,13,17H,7H2,1H3,(H2,14,15). The molecule has 4 heteroatoms. The Balaban J connectivity index is 2.17. The molecule has 2 heterocycles. The number of rotatable bonds is 3. The Morgan fingerprint density at radius 1 is 1.35 bits per heavy atom. The molecule has 17 heavy (non-hydrogen) atoms. The van der Waals surface area contributed by atoms with Gasteiger partial charge in [0.05, 0.1) is 5.69 Å². The lowest BCUT2D eigenvalue weighted by molar-refractivity contribution is 0.173. The minimum absolute atomic E-state index is 0.427. The van der Waals surface area contributed by atoms with Gasteiger partial charge in [-0.25, -0.2) is 0 Å². The molecule has 4 nitrogen and oxygen atoms in total. The Hall–Kier alpha value is -1.94. The highest BCUT2D eigenvalue weighted by Gasteiger charge is 2.11. The zero-order valence-corrected chi connectivity index (χ0v) is 9.67. The van der Waals surface area contributed by atoms with Crippen LogP contribution in [0.3, 0.4) is 0 Å². The van der Waals surface area contributed by atoms with Gasteiger partial charge in [-0.3, -0.25) is 9.97 Å². The van der Waals surface area contributed by atoms with E-state index in [1.165, 1.54) is 0 Å². The van der Waals surface area contributed by atoms with Crippen LogP contribution in [0.25, 0.3) is 0 Å². The van der Waals surface area contributed by atoms with E-state index in [2.05, 4.69) is 9.97 Å². The van der Waals surface area contributed by atoms with Crippen LogP contribution in [0.4, 0.5) is 5.69 Å². The molecule has 2 rings (SSSR count). The molecule has 0 aromatic carbocycles. The molecule has 2 aromatic heterocycles. The summed E-state index contributed by atoms with van der Waals surface area (Å²) in [5.74, 6) is 0. The van der Waals surface area contributed by atoms with Gasteiger partial charge < -0.3 is 10.8 Å². The number of nitrogens with zero attached hydrogens (tertiary/aromatic N) is 2. The van der Waals surface area contributed by atoms with Crippen molar-refractivity contribution in [3.8, 4) is 0 Å². The molecule has 0 saturated heterocycles. The molecular weight excluding hydrogens is 214 g/mol. The van der Waals surface area contributed by atoms with Crippen LogP contribution in [0.15, 0.2) is 36.7 Å². The number of nitrogen functional groups attached to an aromatic ring is 1. The minimum Gasteiger partial charge on any atom is -0.398 e. The van der Waals surface area contributed by atoms with Gasteiger partial charge in [-0.1, -0.05) is 6.07 Å². The third kappa shape index (κ3) is 2.79. The molecule has 0 aliphatic heterocycles. The van der Waals surface area contributed by atoms with Gasteiger partial charge in [-0.05, 0) is 30.7 Å². The first-order valence-electron chi connectivity index (χ1n) is 5.47. The van der Waals surface area contributed by atoms with Crippen molar-refractivity contribution in [2.75, 3.05) is 5.73 Å². The SMILES string of the molecule is Cc1cccc(C(O)Cc2cnccc2N)n1. The van der Waals surface area contributed by atoms with Gasteiger partial charge in [0.25, 0.3) is 0 Å². The number of pyridine rings is 2. The Kier molecular flexibility index (Phi) is 3.35. The summed E-state index contributed by atoms with van der Waals surface area (Å²) in [6.07, 6.45) is 3.09. The van der Waals surface area contributed by atoms with Crippen LogP contribution in [0.5, 0.6) is 0 Å². The normalized spacial score (nSPS) is 12.4. The van der Waals surface area contributed by atoms with Crippen LogP contribution < -0.4 is 5.73 Å². The minimum atomic E-state index is -0.651. The Bertz CT molecular complexity index is 514. The highest BCUT2D eigenvalue weighted by Crippen LogP contribution is 2.19. The summed E-state index contributed by atoms with van der Waals surface area (Å²) < 4.78 is 0. The van der Waals surface area contributed by atoms with Crippen LogP contribution in [-0.2, 0) is 6.42 Å². The number of hydrogen-bond acceptors (Lipinski definition) is 4. The van der Waals surface area contributed by atoms with Crippen molar-refractivity contribution in [3.05, 3.63) is 53.6 Å². The molecular formula is C13H15N3O. The van der Waals surface area contributed by atoms with E-state index in [9.17, 15) is 5.11 Å². The average molecular weight is 229 g/mol. The van der Waals surface area contributed by atoms with Crippen molar-refractivity contribution in [2.24, 2.45) is 0 Å². The number of aryl methyl sites for hydroxylation is 1. The van der Waals surface area contributed by atoms with Crippen molar-refractivity contribution in [1.82, 2.24) is 9.97 Å². The fourth-order valence-corrected chi connectivity index (χ4v) is 1.67. The first-order valence-corrected chi connectivity index (χ1v) is 5.47. The van der Waals surface area contributed by atoms with Crippen LogP contribution in [-0.4, -0.2) is 15.1 Å². The Labute approximate surface area is 100 Å². The second kappa shape index (κ2) is 4.93. The molecule has 0 aliphatic carbocycles. The van der Waals surface area contributed by atoms with Gasteiger partial charge in [0.15, 0.2) is 0 Å². The number of aromatic nitrogens is 2. The van der Waals surface area contributed by atoms with E-state index >= 15 is 0 Å². The molecule has 0 bridgehead atoms. The van der Waals surface area contributed by atoms with Gasteiger partial charge in [0.1, 0.15) is 6.10 Å². The fourth-order valence-electron chi connectivity index (χ4n) is 1.67. The van der Waals surface area contributed by atoms with E-state index in [4.69, 9.17) is 5.73 Å². The molecule has 3 N–H and O–H groups in total. The molecule has 0 amide bonds. The second-order valence-electron chi connectivity index (χ2n) is 4.00. The van der Waals surface area contributed by atoms with E-state index in [0.717, 1.165) is 11.3 Å². The third-order valence-electron chi connectivity index (χ3n) is 2.61. The average Bonchev–Trinajstić information content (AvgIpc) is 2.32. The fraction of sp³-hybridized carbons (Fsp3) is 0.231. The Morgan fingerprint density at radius 2 is 2.18 bits per heavy atom. The van der Waals surface area contributed by atoms with Crippen molar-refractivity contribution in [2.45, 2.75) is 19.4 Å². The molecule has 0 spiro atoms. The lowest BCUT2D eigenvalue weighted by Crippen LogP contribution is -2.07. The molecule has 0 saturated carbocycles. The molecule has 0 aliphatic rings. The third-order valence-corrected chi connectivity index (χ3v) is 2.61. The van der Waals surface area contributed by atoms with Crippen molar-refractivity contribution < 1.29 is 5.11 Å². The van der Waals surface area contributed by atoms with Crippen LogP contribution in [0.1, 0.15) is 23.1 Å². The maximum absolute atomic E-state index is 10.1. The van der Waals surface area contributed by atoms with Crippen molar-refractivity contribution in [3.63, 3.8) is 0 Å². The molecule has 0 fully saturated rings. The van der Waals surface area contributed by atoms with Crippen molar-refractivity contribution in [1.29, 1.82) is 0 Å². The van der Waals surface area contributed by atoms with Gasteiger partial charge in [0, 0.05) is 30.2 Å². The second-order valence-corrected chi connectivity index (χ2v) is 4.00. The monoisotopic (exact) mass is 229 g/mol. The first kappa shape index (κ1) is 11.5. The molecule has 1 atom stereocenters. The smallest absolute Gasteiger partial charge is 0.100 e. The number of hydrogen-bond donors (Lipinski definition) is 2. The van der Waals surface area contributed by atoms with Gasteiger partial charge in [-0.2, -0.15) is 0 Å². The first-order chi connectivity index (χ1) is 8.16. The van der Waals surface area contributed by atoms with Crippen LogP contribution in [0.2, 0.25) is 0 Å². The van der Waals surface area contributed by atoms with Crippen molar-refractivity contribution >= 4 is 5.69 Å². The summed E-state index contributed by atoms with van der Waals surface area (Å²) in [6, 6.07) is 7.32. The lowest BCUT2D eigenvalue weighted by Gasteiger charge is -2.11.